The normalized spacial score (nSPS) is 23.4. The fourth-order valence-corrected chi connectivity index (χ4v) is 3.48. The Morgan fingerprint density at radius 2 is 2.17 bits per heavy atom. The van der Waals surface area contributed by atoms with Crippen LogP contribution in [0.5, 0.6) is 0 Å². The molecule has 1 aromatic rings. The lowest BCUT2D eigenvalue weighted by molar-refractivity contribution is -0.119. The molecule has 2 aliphatic rings. The maximum atomic E-state index is 12.8. The number of hydrogen-bond donors (Lipinski definition) is 1. The van der Waals surface area contributed by atoms with Crippen molar-refractivity contribution in [2.45, 2.75) is 39.5 Å². The molecule has 1 atom stereocenters. The minimum Gasteiger partial charge on any atom is -0.444 e. The van der Waals surface area contributed by atoms with Gasteiger partial charge in [-0.3, -0.25) is 9.48 Å². The molecule has 2 N–H and O–H groups in total. The molecule has 0 saturated heterocycles. The van der Waals surface area contributed by atoms with E-state index >= 15 is 0 Å². The van der Waals surface area contributed by atoms with Gasteiger partial charge in [-0.25, -0.2) is 0 Å². The number of nitrogens with two attached hydrogens (primary N) is 1. The van der Waals surface area contributed by atoms with Gasteiger partial charge in [0.2, 0.25) is 5.88 Å². The quantitative estimate of drug-likeness (QED) is 0.857. The number of hydrogen-bond acceptors (Lipinski definition) is 5. The molecule has 0 saturated carbocycles. The van der Waals surface area contributed by atoms with Gasteiger partial charge in [0.15, 0.2) is 5.78 Å². The van der Waals surface area contributed by atoms with Gasteiger partial charge in [0, 0.05) is 25.5 Å². The minimum atomic E-state index is -0.501. The molecule has 2 heterocycles. The Balaban J connectivity index is 2.22. The minimum absolute atomic E-state index is 0.0142. The maximum absolute atomic E-state index is 12.8. The monoisotopic (exact) mass is 312 g/mol. The molecule has 0 bridgehead atoms. The predicted molar refractivity (Wildman–Crippen MR) is 83.6 cm³/mol. The summed E-state index contributed by atoms with van der Waals surface area (Å²) in [6, 6.07) is 4.00. The number of carbonyl (C=O) groups excluding carboxylic acids is 1. The van der Waals surface area contributed by atoms with Gasteiger partial charge in [-0.2, -0.15) is 10.4 Å². The number of nitrogens with zero attached hydrogens (tertiary/aromatic N) is 3. The van der Waals surface area contributed by atoms with Crippen molar-refractivity contribution in [1.82, 2.24) is 9.78 Å². The van der Waals surface area contributed by atoms with E-state index in [-0.39, 0.29) is 22.7 Å². The third-order valence-electron chi connectivity index (χ3n) is 4.41. The standard InChI is InChI=1S/C17H20N4O2/c1-9-5-11(21(4)20-9)14-10(8-18)16(19)23-13-7-17(2,3)6-12(22)15(13)14/h5,14H,6-7,19H2,1-4H3/t14-/m1/s1. The zero-order valence-corrected chi connectivity index (χ0v) is 13.8. The van der Waals surface area contributed by atoms with Crippen LogP contribution in [0.3, 0.4) is 0 Å². The molecular formula is C17H20N4O2. The largest absolute Gasteiger partial charge is 0.444 e. The van der Waals surface area contributed by atoms with Crippen LogP contribution in [0.15, 0.2) is 28.9 Å². The van der Waals surface area contributed by atoms with Crippen molar-refractivity contribution >= 4 is 5.78 Å². The van der Waals surface area contributed by atoms with Crippen molar-refractivity contribution < 1.29 is 9.53 Å². The SMILES string of the molecule is Cc1cc([C@H]2C(C#N)=C(N)OC3=C2C(=O)CC(C)(C)C3)n(C)n1. The summed E-state index contributed by atoms with van der Waals surface area (Å²) in [5, 5.41) is 13.9. The molecule has 0 fully saturated rings. The van der Waals surface area contributed by atoms with Crippen LogP contribution in [-0.2, 0) is 16.6 Å². The summed E-state index contributed by atoms with van der Waals surface area (Å²) < 4.78 is 7.36. The van der Waals surface area contributed by atoms with Crippen molar-refractivity contribution in [3.63, 3.8) is 0 Å². The van der Waals surface area contributed by atoms with E-state index in [1.807, 2.05) is 26.8 Å². The summed E-state index contributed by atoms with van der Waals surface area (Å²) in [6.45, 7) is 5.94. The van der Waals surface area contributed by atoms with Gasteiger partial charge in [0.25, 0.3) is 0 Å². The lowest BCUT2D eigenvalue weighted by Crippen LogP contribution is -2.34. The highest BCUT2D eigenvalue weighted by atomic mass is 16.5. The fraction of sp³-hybridized carbons (Fsp3) is 0.471. The Bertz CT molecular complexity index is 805. The van der Waals surface area contributed by atoms with Crippen LogP contribution in [0.25, 0.3) is 0 Å². The average Bonchev–Trinajstić information content (AvgIpc) is 2.74. The lowest BCUT2D eigenvalue weighted by Gasteiger charge is -2.37. The van der Waals surface area contributed by atoms with Gasteiger partial charge in [-0.1, -0.05) is 13.8 Å². The van der Waals surface area contributed by atoms with Gasteiger partial charge < -0.3 is 10.5 Å². The third-order valence-corrected chi connectivity index (χ3v) is 4.41. The summed E-state index contributed by atoms with van der Waals surface area (Å²) in [5.41, 5.74) is 8.25. The Hall–Kier alpha value is -2.55. The summed E-state index contributed by atoms with van der Waals surface area (Å²) in [5.74, 6) is 0.186. The smallest absolute Gasteiger partial charge is 0.205 e. The molecule has 6 nitrogen and oxygen atoms in total. The molecule has 0 unspecified atom stereocenters. The molecule has 6 heteroatoms. The van der Waals surface area contributed by atoms with Gasteiger partial charge in [0.1, 0.15) is 17.4 Å². The molecular weight excluding hydrogens is 292 g/mol. The summed E-state index contributed by atoms with van der Waals surface area (Å²) in [6.07, 6.45) is 1.06. The van der Waals surface area contributed by atoms with E-state index in [2.05, 4.69) is 11.2 Å². The van der Waals surface area contributed by atoms with E-state index in [1.54, 1.807) is 11.7 Å². The average molecular weight is 312 g/mol. The predicted octanol–water partition coefficient (Wildman–Crippen LogP) is 2.18. The van der Waals surface area contributed by atoms with Crippen molar-refractivity contribution in [2.24, 2.45) is 18.2 Å². The number of ether oxygens (including phenoxy) is 1. The number of allylic oxidation sites excluding steroid dienone is 3. The maximum Gasteiger partial charge on any atom is 0.205 e. The highest BCUT2D eigenvalue weighted by Crippen LogP contribution is 2.47. The summed E-state index contributed by atoms with van der Waals surface area (Å²) in [7, 11) is 1.81. The van der Waals surface area contributed by atoms with Crippen molar-refractivity contribution in [3.8, 4) is 6.07 Å². The van der Waals surface area contributed by atoms with Crippen LogP contribution in [0.4, 0.5) is 0 Å². The van der Waals surface area contributed by atoms with E-state index in [1.165, 1.54) is 0 Å². The number of ketones is 1. The summed E-state index contributed by atoms with van der Waals surface area (Å²) in [4.78, 5) is 12.8. The van der Waals surface area contributed by atoms with Crippen LogP contribution < -0.4 is 5.73 Å². The first kappa shape index (κ1) is 15.3. The second-order valence-electron chi connectivity index (χ2n) is 7.04. The zero-order valence-electron chi connectivity index (χ0n) is 13.8. The first-order chi connectivity index (χ1) is 10.7. The topological polar surface area (TPSA) is 93.9 Å². The molecule has 0 amide bonds. The number of aryl methyl sites for hydroxylation is 2. The van der Waals surface area contributed by atoms with Gasteiger partial charge in [0.05, 0.1) is 17.3 Å². The number of rotatable bonds is 1. The number of carbonyl (C=O) groups is 1. The van der Waals surface area contributed by atoms with Crippen molar-refractivity contribution in [3.05, 3.63) is 40.2 Å². The molecule has 120 valence electrons. The fourth-order valence-electron chi connectivity index (χ4n) is 3.48. The van der Waals surface area contributed by atoms with Gasteiger partial charge in [-0.15, -0.1) is 0 Å². The number of nitriles is 1. The molecule has 0 spiro atoms. The molecule has 1 aliphatic heterocycles. The van der Waals surface area contributed by atoms with Crippen molar-refractivity contribution in [1.29, 1.82) is 5.26 Å². The highest BCUT2D eigenvalue weighted by molar-refractivity contribution is 5.99. The van der Waals surface area contributed by atoms with Crippen LogP contribution in [-0.4, -0.2) is 15.6 Å². The first-order valence-corrected chi connectivity index (χ1v) is 7.58. The van der Waals surface area contributed by atoms with Crippen LogP contribution in [0.1, 0.15) is 44.0 Å². The van der Waals surface area contributed by atoms with E-state index in [9.17, 15) is 10.1 Å². The Labute approximate surface area is 135 Å². The Morgan fingerprint density at radius 3 is 2.74 bits per heavy atom. The Kier molecular flexibility index (Phi) is 3.33. The lowest BCUT2D eigenvalue weighted by atomic mass is 9.71. The van der Waals surface area contributed by atoms with E-state index in [4.69, 9.17) is 10.5 Å². The first-order valence-electron chi connectivity index (χ1n) is 7.58. The van der Waals surface area contributed by atoms with Crippen LogP contribution in [0.2, 0.25) is 0 Å². The Morgan fingerprint density at radius 1 is 1.48 bits per heavy atom. The molecule has 0 radical (unpaired) electrons. The third kappa shape index (κ3) is 2.42. The molecule has 3 rings (SSSR count). The van der Waals surface area contributed by atoms with Gasteiger partial charge >= 0.3 is 0 Å². The summed E-state index contributed by atoms with van der Waals surface area (Å²) >= 11 is 0. The number of aromatic nitrogens is 2. The van der Waals surface area contributed by atoms with E-state index in [0.29, 0.717) is 24.2 Å². The molecule has 1 aromatic heterocycles. The molecule has 1 aliphatic carbocycles. The van der Waals surface area contributed by atoms with Crippen LogP contribution in [0, 0.1) is 23.7 Å². The van der Waals surface area contributed by atoms with Gasteiger partial charge in [-0.05, 0) is 18.4 Å². The van der Waals surface area contributed by atoms with Crippen molar-refractivity contribution in [2.75, 3.05) is 0 Å². The molecule has 0 aromatic carbocycles. The van der Waals surface area contributed by atoms with E-state index in [0.717, 1.165) is 11.4 Å². The van der Waals surface area contributed by atoms with E-state index < -0.39 is 5.92 Å². The highest BCUT2D eigenvalue weighted by Gasteiger charge is 2.43. The second-order valence-corrected chi connectivity index (χ2v) is 7.04. The van der Waals surface area contributed by atoms with Crippen LogP contribution >= 0.6 is 0 Å². The molecule has 23 heavy (non-hydrogen) atoms. The zero-order chi connectivity index (χ0) is 16.9. The number of Topliss-reactive ketones (excluding diaryl/α,β-unsaturated/α-hetero) is 1. The second kappa shape index (κ2) is 4.98.